The molecule has 0 radical (unpaired) electrons. The molecule has 0 spiro atoms. The van der Waals surface area contributed by atoms with Crippen molar-refractivity contribution in [1.82, 2.24) is 0 Å². The summed E-state index contributed by atoms with van der Waals surface area (Å²) in [7, 11) is 0. The van der Waals surface area contributed by atoms with Crippen molar-refractivity contribution in [3.63, 3.8) is 0 Å². The van der Waals surface area contributed by atoms with Crippen LogP contribution in [0.15, 0.2) is 54.6 Å². The molecule has 1 atom stereocenters. The molecule has 4 nitrogen and oxygen atoms in total. The Morgan fingerprint density at radius 1 is 1.00 bits per heavy atom. The van der Waals surface area contributed by atoms with Gasteiger partial charge in [-0.3, -0.25) is 0 Å². The van der Waals surface area contributed by atoms with Crippen LogP contribution in [0.5, 0.6) is 11.5 Å². The fourth-order valence-electron chi connectivity index (χ4n) is 2.05. The van der Waals surface area contributed by atoms with Crippen LogP contribution in [0.2, 0.25) is 0 Å². The summed E-state index contributed by atoms with van der Waals surface area (Å²) >= 11 is 0. The minimum atomic E-state index is -0.946. The van der Waals surface area contributed by atoms with Crippen molar-refractivity contribution in [2.75, 3.05) is 0 Å². The van der Waals surface area contributed by atoms with Gasteiger partial charge in [0.2, 0.25) is 0 Å². The molecule has 4 heteroatoms. The predicted octanol–water partition coefficient (Wildman–Crippen LogP) is 3.90. The van der Waals surface area contributed by atoms with E-state index in [0.29, 0.717) is 12.2 Å². The summed E-state index contributed by atoms with van der Waals surface area (Å²) in [6.07, 6.45) is -0.623. The molecule has 2 rings (SSSR count). The molecule has 0 bridgehead atoms. The highest BCUT2D eigenvalue weighted by Crippen LogP contribution is 2.21. The van der Waals surface area contributed by atoms with Crippen LogP contribution in [-0.2, 0) is 16.0 Å². The Hall–Kier alpha value is -2.33. The number of hydrogen-bond donors (Lipinski definition) is 1. The zero-order valence-corrected chi connectivity index (χ0v) is 12.7. The monoisotopic (exact) mass is 300 g/mol. The summed E-state index contributed by atoms with van der Waals surface area (Å²) < 4.78 is 11.1. The number of ether oxygens (including phenoxy) is 2. The summed E-state index contributed by atoms with van der Waals surface area (Å²) in [6, 6.07) is 16.9. The molecule has 0 aliphatic rings. The number of carbonyl (C=O) groups is 1. The first-order valence-electron chi connectivity index (χ1n) is 7.24. The van der Waals surface area contributed by atoms with E-state index in [9.17, 15) is 9.90 Å². The first kappa shape index (κ1) is 16.0. The molecule has 0 aliphatic heterocycles. The number of para-hydroxylation sites is 1. The number of benzene rings is 2. The van der Waals surface area contributed by atoms with Gasteiger partial charge < -0.3 is 14.6 Å². The molecule has 0 saturated carbocycles. The van der Waals surface area contributed by atoms with Gasteiger partial charge in [-0.2, -0.15) is 0 Å². The average Bonchev–Trinajstić information content (AvgIpc) is 2.49. The van der Waals surface area contributed by atoms with Crippen molar-refractivity contribution in [2.45, 2.75) is 32.5 Å². The van der Waals surface area contributed by atoms with E-state index in [1.165, 1.54) is 0 Å². The fourth-order valence-corrected chi connectivity index (χ4v) is 2.05. The van der Waals surface area contributed by atoms with Crippen LogP contribution < -0.4 is 4.74 Å². The van der Waals surface area contributed by atoms with Crippen molar-refractivity contribution in [3.05, 3.63) is 60.2 Å². The van der Waals surface area contributed by atoms with Crippen LogP contribution in [-0.4, -0.2) is 23.3 Å². The molecule has 0 aliphatic carbocycles. The molecule has 0 unspecified atom stereocenters. The van der Waals surface area contributed by atoms with E-state index in [1.54, 1.807) is 0 Å². The quantitative estimate of drug-likeness (QED) is 0.842. The van der Waals surface area contributed by atoms with Crippen LogP contribution in [0.4, 0.5) is 0 Å². The van der Waals surface area contributed by atoms with E-state index in [0.717, 1.165) is 11.3 Å². The van der Waals surface area contributed by atoms with Crippen molar-refractivity contribution in [2.24, 2.45) is 0 Å². The highest BCUT2D eigenvalue weighted by Gasteiger charge is 2.20. The third-order valence-electron chi connectivity index (χ3n) is 3.04. The van der Waals surface area contributed by atoms with Crippen molar-refractivity contribution < 1.29 is 19.4 Å². The molecule has 0 saturated heterocycles. The highest BCUT2D eigenvalue weighted by atomic mass is 16.5. The second kappa shape index (κ2) is 7.61. The molecule has 116 valence electrons. The van der Waals surface area contributed by atoms with Gasteiger partial charge in [-0.1, -0.05) is 30.3 Å². The Kier molecular flexibility index (Phi) is 5.55. The van der Waals surface area contributed by atoms with Gasteiger partial charge in [0.15, 0.2) is 6.10 Å². The first-order chi connectivity index (χ1) is 10.5. The Morgan fingerprint density at radius 2 is 1.59 bits per heavy atom. The zero-order valence-electron chi connectivity index (χ0n) is 12.7. The number of aliphatic carboxylic acids is 1. The molecule has 0 amide bonds. The van der Waals surface area contributed by atoms with E-state index in [2.05, 4.69) is 0 Å². The fraction of sp³-hybridized carbons (Fsp3) is 0.278. The number of carboxylic acids is 1. The standard InChI is InChI=1S/C18H20O4/c1-13(2)21-17(18(19)20)12-14-8-10-16(11-9-14)22-15-6-4-3-5-7-15/h3-11,13,17H,12H2,1-2H3,(H,19,20)/t17-/m1/s1. The lowest BCUT2D eigenvalue weighted by atomic mass is 10.1. The smallest absolute Gasteiger partial charge is 0.333 e. The third-order valence-corrected chi connectivity index (χ3v) is 3.04. The molecular formula is C18H20O4. The molecular weight excluding hydrogens is 280 g/mol. The predicted molar refractivity (Wildman–Crippen MR) is 84.3 cm³/mol. The molecule has 2 aromatic rings. The Balaban J connectivity index is 2.00. The summed E-state index contributed by atoms with van der Waals surface area (Å²) in [5.74, 6) is 0.534. The summed E-state index contributed by atoms with van der Waals surface area (Å²) in [5, 5.41) is 9.18. The van der Waals surface area contributed by atoms with Gasteiger partial charge in [0.05, 0.1) is 6.10 Å². The largest absolute Gasteiger partial charge is 0.479 e. The minimum absolute atomic E-state index is 0.123. The molecule has 1 N–H and O–H groups in total. The van der Waals surface area contributed by atoms with Gasteiger partial charge in [0.1, 0.15) is 11.5 Å². The Labute approximate surface area is 130 Å². The molecule has 0 fully saturated rings. The van der Waals surface area contributed by atoms with Gasteiger partial charge in [0.25, 0.3) is 0 Å². The van der Waals surface area contributed by atoms with E-state index < -0.39 is 12.1 Å². The first-order valence-corrected chi connectivity index (χ1v) is 7.24. The second-order valence-corrected chi connectivity index (χ2v) is 5.27. The maximum Gasteiger partial charge on any atom is 0.333 e. The summed E-state index contributed by atoms with van der Waals surface area (Å²) in [5.41, 5.74) is 0.897. The average molecular weight is 300 g/mol. The maximum absolute atomic E-state index is 11.2. The number of hydrogen-bond acceptors (Lipinski definition) is 3. The van der Waals surface area contributed by atoms with Gasteiger partial charge >= 0.3 is 5.97 Å². The van der Waals surface area contributed by atoms with Crippen molar-refractivity contribution in [1.29, 1.82) is 0 Å². The van der Waals surface area contributed by atoms with Gasteiger partial charge in [-0.15, -0.1) is 0 Å². The van der Waals surface area contributed by atoms with Crippen LogP contribution in [0, 0.1) is 0 Å². The normalized spacial score (nSPS) is 12.1. The Morgan fingerprint density at radius 3 is 2.14 bits per heavy atom. The molecule has 0 aromatic heterocycles. The van der Waals surface area contributed by atoms with Crippen LogP contribution in [0.25, 0.3) is 0 Å². The van der Waals surface area contributed by atoms with Crippen molar-refractivity contribution in [3.8, 4) is 11.5 Å². The lowest BCUT2D eigenvalue weighted by Gasteiger charge is -2.16. The Bertz CT molecular complexity index is 590. The lowest BCUT2D eigenvalue weighted by molar-refractivity contribution is -0.153. The van der Waals surface area contributed by atoms with E-state index in [4.69, 9.17) is 9.47 Å². The highest BCUT2D eigenvalue weighted by molar-refractivity contribution is 5.72. The van der Waals surface area contributed by atoms with E-state index in [-0.39, 0.29) is 6.10 Å². The van der Waals surface area contributed by atoms with Gasteiger partial charge in [-0.05, 0) is 43.7 Å². The van der Waals surface area contributed by atoms with E-state index >= 15 is 0 Å². The van der Waals surface area contributed by atoms with E-state index in [1.807, 2.05) is 68.4 Å². The van der Waals surface area contributed by atoms with Crippen molar-refractivity contribution >= 4 is 5.97 Å². The van der Waals surface area contributed by atoms with Crippen LogP contribution >= 0.6 is 0 Å². The molecule has 22 heavy (non-hydrogen) atoms. The second-order valence-electron chi connectivity index (χ2n) is 5.27. The SMILES string of the molecule is CC(C)O[C@H](Cc1ccc(Oc2ccccc2)cc1)C(=O)O. The zero-order chi connectivity index (χ0) is 15.9. The number of carboxylic acid groups (broad SMARTS) is 1. The topological polar surface area (TPSA) is 55.8 Å². The number of rotatable bonds is 7. The van der Waals surface area contributed by atoms with Crippen LogP contribution in [0.1, 0.15) is 19.4 Å². The molecule has 0 heterocycles. The summed E-state index contributed by atoms with van der Waals surface area (Å²) in [4.78, 5) is 11.2. The van der Waals surface area contributed by atoms with Gasteiger partial charge in [-0.25, -0.2) is 4.79 Å². The van der Waals surface area contributed by atoms with Gasteiger partial charge in [0, 0.05) is 6.42 Å². The summed E-state index contributed by atoms with van der Waals surface area (Å²) in [6.45, 7) is 3.65. The molecule has 2 aromatic carbocycles. The maximum atomic E-state index is 11.2. The third kappa shape index (κ3) is 4.90. The lowest BCUT2D eigenvalue weighted by Crippen LogP contribution is -2.29. The minimum Gasteiger partial charge on any atom is -0.479 e. The van der Waals surface area contributed by atoms with Crippen LogP contribution in [0.3, 0.4) is 0 Å².